The maximum Gasteiger partial charge on any atom is 0.331 e. The Labute approximate surface area is 158 Å². The maximum absolute atomic E-state index is 13.5. The standard InChI is InChI=1S/C23H23FO3/c24-21-9-5-4-8-19(21)14-15-23(26)27-16-22(25)20-12-10-18(11-13-20)17-6-2-1-3-7-17/h4-5,8-15,17H,1-3,6-7,16H2/b15-14+. The average Bonchev–Trinajstić information content (AvgIpc) is 2.72. The first-order valence-electron chi connectivity index (χ1n) is 9.36. The fraction of sp³-hybridized carbons (Fsp3) is 0.304. The van der Waals surface area contributed by atoms with Crippen molar-refractivity contribution in [3.05, 3.63) is 77.1 Å². The summed E-state index contributed by atoms with van der Waals surface area (Å²) in [4.78, 5) is 23.9. The third-order valence-electron chi connectivity index (χ3n) is 4.96. The number of Topliss-reactive ketones (excluding diaryl/α,β-unsaturated/α-hetero) is 1. The van der Waals surface area contributed by atoms with Crippen molar-refractivity contribution >= 4 is 17.8 Å². The lowest BCUT2D eigenvalue weighted by Gasteiger charge is -2.22. The molecule has 1 aliphatic carbocycles. The minimum atomic E-state index is -0.676. The first-order valence-corrected chi connectivity index (χ1v) is 9.36. The van der Waals surface area contributed by atoms with E-state index < -0.39 is 11.8 Å². The molecule has 0 aliphatic heterocycles. The van der Waals surface area contributed by atoms with E-state index >= 15 is 0 Å². The van der Waals surface area contributed by atoms with Gasteiger partial charge in [-0.3, -0.25) is 4.79 Å². The molecule has 3 rings (SSSR count). The smallest absolute Gasteiger partial charge is 0.331 e. The van der Waals surface area contributed by atoms with E-state index in [1.165, 1.54) is 49.8 Å². The van der Waals surface area contributed by atoms with Gasteiger partial charge in [0.15, 0.2) is 12.4 Å². The molecule has 0 heterocycles. The number of esters is 1. The summed E-state index contributed by atoms with van der Waals surface area (Å²) in [6.45, 7) is -0.330. The molecule has 1 aliphatic rings. The van der Waals surface area contributed by atoms with Crippen molar-refractivity contribution < 1.29 is 18.7 Å². The largest absolute Gasteiger partial charge is 0.454 e. The van der Waals surface area contributed by atoms with Crippen LogP contribution in [0.2, 0.25) is 0 Å². The van der Waals surface area contributed by atoms with Gasteiger partial charge in [0.1, 0.15) is 5.82 Å². The Morgan fingerprint density at radius 2 is 1.70 bits per heavy atom. The topological polar surface area (TPSA) is 43.4 Å². The molecule has 0 saturated heterocycles. The van der Waals surface area contributed by atoms with Crippen molar-refractivity contribution in [3.8, 4) is 0 Å². The van der Waals surface area contributed by atoms with Gasteiger partial charge in [0.25, 0.3) is 0 Å². The number of carbonyl (C=O) groups excluding carboxylic acids is 2. The van der Waals surface area contributed by atoms with E-state index in [4.69, 9.17) is 4.74 Å². The van der Waals surface area contributed by atoms with Crippen LogP contribution in [0.4, 0.5) is 4.39 Å². The number of carbonyl (C=O) groups is 2. The van der Waals surface area contributed by atoms with Crippen LogP contribution >= 0.6 is 0 Å². The van der Waals surface area contributed by atoms with Crippen LogP contribution in [0.1, 0.15) is 59.5 Å². The summed E-state index contributed by atoms with van der Waals surface area (Å²) in [6, 6.07) is 13.7. The molecule has 0 radical (unpaired) electrons. The van der Waals surface area contributed by atoms with Crippen LogP contribution in [0.5, 0.6) is 0 Å². The van der Waals surface area contributed by atoms with E-state index in [1.807, 2.05) is 12.1 Å². The lowest BCUT2D eigenvalue weighted by Crippen LogP contribution is -2.13. The Balaban J connectivity index is 1.51. The summed E-state index contributed by atoms with van der Waals surface area (Å²) in [5.74, 6) is -0.761. The minimum absolute atomic E-state index is 0.252. The highest BCUT2D eigenvalue weighted by Crippen LogP contribution is 2.32. The second-order valence-electron chi connectivity index (χ2n) is 6.84. The summed E-state index contributed by atoms with van der Waals surface area (Å²) in [7, 11) is 0. The number of halogens is 1. The Kier molecular flexibility index (Phi) is 6.53. The number of ether oxygens (including phenoxy) is 1. The zero-order valence-electron chi connectivity index (χ0n) is 15.2. The third kappa shape index (κ3) is 5.36. The average molecular weight is 366 g/mol. The molecule has 27 heavy (non-hydrogen) atoms. The predicted octanol–water partition coefficient (Wildman–Crippen LogP) is 5.31. The fourth-order valence-electron chi connectivity index (χ4n) is 3.41. The molecule has 0 bridgehead atoms. The Hall–Kier alpha value is -2.75. The number of hydrogen-bond donors (Lipinski definition) is 0. The quantitative estimate of drug-likeness (QED) is 0.395. The van der Waals surface area contributed by atoms with E-state index in [-0.39, 0.29) is 12.4 Å². The summed E-state index contributed by atoms with van der Waals surface area (Å²) in [5, 5.41) is 0. The molecule has 4 heteroatoms. The van der Waals surface area contributed by atoms with E-state index in [9.17, 15) is 14.0 Å². The van der Waals surface area contributed by atoms with Gasteiger partial charge >= 0.3 is 5.97 Å². The third-order valence-corrected chi connectivity index (χ3v) is 4.96. The zero-order chi connectivity index (χ0) is 19.1. The molecular weight excluding hydrogens is 343 g/mol. The Morgan fingerprint density at radius 1 is 1.00 bits per heavy atom. The van der Waals surface area contributed by atoms with Gasteiger partial charge < -0.3 is 4.74 Å². The SMILES string of the molecule is O=C(/C=C/c1ccccc1F)OCC(=O)c1ccc(C2CCCCC2)cc1. The normalized spacial score (nSPS) is 15.0. The highest BCUT2D eigenvalue weighted by Gasteiger charge is 2.16. The van der Waals surface area contributed by atoms with Crippen molar-refractivity contribution in [1.82, 2.24) is 0 Å². The van der Waals surface area contributed by atoms with Crippen LogP contribution in [0.25, 0.3) is 6.08 Å². The van der Waals surface area contributed by atoms with Gasteiger partial charge in [-0.1, -0.05) is 61.7 Å². The van der Waals surface area contributed by atoms with Gasteiger partial charge in [0.05, 0.1) is 0 Å². The summed E-state index contributed by atoms with van der Waals surface area (Å²) < 4.78 is 18.5. The lowest BCUT2D eigenvalue weighted by atomic mass is 9.84. The van der Waals surface area contributed by atoms with Gasteiger partial charge in [-0.15, -0.1) is 0 Å². The molecule has 3 nitrogen and oxygen atoms in total. The zero-order valence-corrected chi connectivity index (χ0v) is 15.2. The monoisotopic (exact) mass is 366 g/mol. The van der Waals surface area contributed by atoms with E-state index in [0.717, 1.165) is 6.08 Å². The maximum atomic E-state index is 13.5. The van der Waals surface area contributed by atoms with Crippen molar-refractivity contribution in [3.63, 3.8) is 0 Å². The predicted molar refractivity (Wildman–Crippen MR) is 103 cm³/mol. The van der Waals surface area contributed by atoms with Crippen LogP contribution in [0, 0.1) is 5.82 Å². The Morgan fingerprint density at radius 3 is 2.41 bits per heavy atom. The van der Waals surface area contributed by atoms with Crippen LogP contribution < -0.4 is 0 Å². The van der Waals surface area contributed by atoms with Gasteiger partial charge in [-0.05, 0) is 36.5 Å². The first-order chi connectivity index (χ1) is 13.1. The molecule has 1 fully saturated rings. The molecule has 0 aromatic heterocycles. The molecule has 1 saturated carbocycles. The van der Waals surface area contributed by atoms with Gasteiger partial charge in [-0.25, -0.2) is 9.18 Å². The van der Waals surface area contributed by atoms with Crippen LogP contribution in [-0.2, 0) is 9.53 Å². The number of rotatable bonds is 6. The second-order valence-corrected chi connectivity index (χ2v) is 6.84. The minimum Gasteiger partial charge on any atom is -0.454 e. The Bertz CT molecular complexity index is 818. The van der Waals surface area contributed by atoms with Gasteiger partial charge in [-0.2, -0.15) is 0 Å². The van der Waals surface area contributed by atoms with Crippen LogP contribution in [0.15, 0.2) is 54.6 Å². The highest BCUT2D eigenvalue weighted by molar-refractivity contribution is 5.98. The molecule has 0 amide bonds. The summed E-state index contributed by atoms with van der Waals surface area (Å²) >= 11 is 0. The second kappa shape index (κ2) is 9.26. The lowest BCUT2D eigenvalue weighted by molar-refractivity contribution is -0.136. The summed E-state index contributed by atoms with van der Waals surface area (Å²) in [5.41, 5.74) is 2.09. The van der Waals surface area contributed by atoms with Crippen molar-refractivity contribution in [2.45, 2.75) is 38.0 Å². The molecule has 0 spiro atoms. The van der Waals surface area contributed by atoms with Crippen LogP contribution in [0.3, 0.4) is 0 Å². The van der Waals surface area contributed by atoms with E-state index in [1.54, 1.807) is 30.3 Å². The van der Waals surface area contributed by atoms with Crippen molar-refractivity contribution in [2.75, 3.05) is 6.61 Å². The fourth-order valence-corrected chi connectivity index (χ4v) is 3.41. The molecule has 2 aromatic carbocycles. The highest BCUT2D eigenvalue weighted by atomic mass is 19.1. The summed E-state index contributed by atoms with van der Waals surface area (Å²) in [6.07, 6.45) is 8.71. The van der Waals surface area contributed by atoms with Gasteiger partial charge in [0.2, 0.25) is 0 Å². The molecule has 0 unspecified atom stereocenters. The molecular formula is C23H23FO3. The molecule has 0 atom stereocenters. The number of benzene rings is 2. The van der Waals surface area contributed by atoms with Gasteiger partial charge in [0, 0.05) is 17.2 Å². The number of ketones is 1. The van der Waals surface area contributed by atoms with Crippen molar-refractivity contribution in [1.29, 1.82) is 0 Å². The number of hydrogen-bond acceptors (Lipinski definition) is 3. The van der Waals surface area contributed by atoms with E-state index in [2.05, 4.69) is 0 Å². The van der Waals surface area contributed by atoms with E-state index in [0.29, 0.717) is 17.0 Å². The molecule has 140 valence electrons. The molecule has 2 aromatic rings. The van der Waals surface area contributed by atoms with Crippen LogP contribution in [-0.4, -0.2) is 18.4 Å². The van der Waals surface area contributed by atoms with Crippen molar-refractivity contribution in [2.24, 2.45) is 0 Å². The molecule has 0 N–H and O–H groups in total. The first kappa shape index (κ1) is 19.0.